The lowest BCUT2D eigenvalue weighted by molar-refractivity contribution is -0.116. The van der Waals surface area contributed by atoms with Gasteiger partial charge in [0.05, 0.1) is 12.1 Å². The number of halogens is 1. The van der Waals surface area contributed by atoms with E-state index in [4.69, 9.17) is 16.3 Å². The fraction of sp³-hybridized carbons (Fsp3) is 0.353. The highest BCUT2D eigenvalue weighted by Gasteiger charge is 2.11. The van der Waals surface area contributed by atoms with Gasteiger partial charge in [0.2, 0.25) is 5.91 Å². The van der Waals surface area contributed by atoms with Gasteiger partial charge in [0.1, 0.15) is 5.75 Å². The van der Waals surface area contributed by atoms with Crippen LogP contribution in [0, 0.1) is 13.8 Å². The van der Waals surface area contributed by atoms with Crippen molar-refractivity contribution in [2.75, 3.05) is 18.7 Å². The lowest BCUT2D eigenvalue weighted by atomic mass is 10.1. The number of aryl methyl sites for hydroxylation is 2. The number of anilines is 1. The predicted octanol–water partition coefficient (Wildman–Crippen LogP) is 4.05. The molecule has 1 N–H and O–H groups in total. The highest BCUT2D eigenvalue weighted by Crippen LogP contribution is 2.27. The normalized spacial score (nSPS) is 10.5. The summed E-state index contributed by atoms with van der Waals surface area (Å²) >= 11 is 7.57. The molecule has 0 fully saturated rings. The fourth-order valence-corrected chi connectivity index (χ4v) is 3.08. The summed E-state index contributed by atoms with van der Waals surface area (Å²) in [7, 11) is 1.55. The molecular formula is C17H20ClN3O2S. The van der Waals surface area contributed by atoms with Gasteiger partial charge in [0, 0.05) is 23.5 Å². The molecule has 0 saturated carbocycles. The maximum Gasteiger partial charge on any atom is 0.224 e. The van der Waals surface area contributed by atoms with Crippen LogP contribution in [-0.2, 0) is 11.2 Å². The van der Waals surface area contributed by atoms with Crippen molar-refractivity contribution in [1.82, 2.24) is 9.97 Å². The maximum atomic E-state index is 12.2. The maximum absolute atomic E-state index is 12.2. The molecule has 0 aliphatic heterocycles. The summed E-state index contributed by atoms with van der Waals surface area (Å²) in [6, 6.07) is 5.15. The third-order valence-electron chi connectivity index (χ3n) is 3.62. The van der Waals surface area contributed by atoms with Gasteiger partial charge < -0.3 is 10.1 Å². The van der Waals surface area contributed by atoms with Crippen LogP contribution in [0.1, 0.15) is 23.4 Å². The van der Waals surface area contributed by atoms with Gasteiger partial charge in [0.25, 0.3) is 0 Å². The second kappa shape index (κ2) is 8.35. The van der Waals surface area contributed by atoms with E-state index in [0.29, 0.717) is 29.3 Å². The summed E-state index contributed by atoms with van der Waals surface area (Å²) in [6.07, 6.45) is 2.90. The van der Waals surface area contributed by atoms with Gasteiger partial charge in [-0.25, -0.2) is 9.97 Å². The van der Waals surface area contributed by atoms with E-state index in [2.05, 4.69) is 15.3 Å². The number of aromatic nitrogens is 2. The number of methoxy groups -OCH3 is 1. The van der Waals surface area contributed by atoms with Crippen molar-refractivity contribution in [3.63, 3.8) is 0 Å². The van der Waals surface area contributed by atoms with Crippen molar-refractivity contribution >= 4 is 35.0 Å². The van der Waals surface area contributed by atoms with E-state index < -0.39 is 0 Å². The Hall–Kier alpha value is -1.79. The van der Waals surface area contributed by atoms with E-state index in [0.717, 1.165) is 22.1 Å². The zero-order valence-corrected chi connectivity index (χ0v) is 15.7. The highest BCUT2D eigenvalue weighted by atomic mass is 35.5. The minimum absolute atomic E-state index is 0.0797. The monoisotopic (exact) mass is 365 g/mol. The summed E-state index contributed by atoms with van der Waals surface area (Å²) in [4.78, 5) is 21.0. The topological polar surface area (TPSA) is 64.1 Å². The van der Waals surface area contributed by atoms with E-state index >= 15 is 0 Å². The summed E-state index contributed by atoms with van der Waals surface area (Å²) in [5.74, 6) is 0.496. The Bertz CT molecular complexity index is 730. The largest absolute Gasteiger partial charge is 0.495 e. The number of hydrogen-bond acceptors (Lipinski definition) is 5. The summed E-state index contributed by atoms with van der Waals surface area (Å²) in [5.41, 5.74) is 3.52. The van der Waals surface area contributed by atoms with E-state index in [1.165, 1.54) is 11.8 Å². The van der Waals surface area contributed by atoms with Crippen molar-refractivity contribution in [2.45, 2.75) is 31.8 Å². The Balaban J connectivity index is 2.00. The van der Waals surface area contributed by atoms with Crippen LogP contribution < -0.4 is 10.1 Å². The summed E-state index contributed by atoms with van der Waals surface area (Å²) < 4.78 is 5.10. The van der Waals surface area contributed by atoms with Gasteiger partial charge in [-0.3, -0.25) is 4.79 Å². The molecule has 1 heterocycles. The first-order valence-electron chi connectivity index (χ1n) is 7.46. The smallest absolute Gasteiger partial charge is 0.224 e. The molecule has 0 aliphatic rings. The van der Waals surface area contributed by atoms with E-state index in [1.807, 2.05) is 20.1 Å². The molecule has 0 saturated heterocycles. The number of nitrogens with one attached hydrogen (secondary N) is 1. The first kappa shape index (κ1) is 18.5. The molecule has 7 heteroatoms. The molecule has 0 bridgehead atoms. The second-order valence-electron chi connectivity index (χ2n) is 5.26. The van der Waals surface area contributed by atoms with Gasteiger partial charge in [0.15, 0.2) is 5.16 Å². The SMILES string of the molecule is COc1ccc(NC(=O)CCc2c(C)nc(SC)nc2C)cc1Cl. The molecule has 5 nitrogen and oxygen atoms in total. The average Bonchev–Trinajstić information content (AvgIpc) is 2.54. The quantitative estimate of drug-likeness (QED) is 0.618. The Morgan fingerprint density at radius 3 is 2.50 bits per heavy atom. The van der Waals surface area contributed by atoms with Gasteiger partial charge in [-0.05, 0) is 50.3 Å². The van der Waals surface area contributed by atoms with Gasteiger partial charge >= 0.3 is 0 Å². The molecule has 0 unspecified atom stereocenters. The summed E-state index contributed by atoms with van der Waals surface area (Å²) in [6.45, 7) is 3.90. The number of rotatable bonds is 6. The van der Waals surface area contributed by atoms with Crippen LogP contribution in [0.4, 0.5) is 5.69 Å². The molecule has 2 aromatic rings. The standard InChI is InChI=1S/C17H20ClN3O2S/c1-10-13(11(2)20-17(19-10)24-4)6-8-16(22)21-12-5-7-15(23-3)14(18)9-12/h5,7,9H,6,8H2,1-4H3,(H,21,22). The number of hydrogen-bond donors (Lipinski definition) is 1. The Labute approximate surface area is 151 Å². The van der Waals surface area contributed by atoms with Crippen molar-refractivity contribution in [2.24, 2.45) is 0 Å². The molecule has 0 aliphatic carbocycles. The zero-order valence-electron chi connectivity index (χ0n) is 14.1. The van der Waals surface area contributed by atoms with Crippen molar-refractivity contribution < 1.29 is 9.53 Å². The minimum Gasteiger partial charge on any atom is -0.495 e. The first-order chi connectivity index (χ1) is 11.4. The number of benzene rings is 1. The van der Waals surface area contributed by atoms with Crippen molar-refractivity contribution in [1.29, 1.82) is 0 Å². The molecule has 0 radical (unpaired) electrons. The van der Waals surface area contributed by atoms with Crippen molar-refractivity contribution in [3.05, 3.63) is 40.2 Å². The molecule has 1 aromatic carbocycles. The minimum atomic E-state index is -0.0797. The molecule has 24 heavy (non-hydrogen) atoms. The van der Waals surface area contributed by atoms with Crippen LogP contribution in [0.15, 0.2) is 23.4 Å². The Morgan fingerprint density at radius 1 is 1.29 bits per heavy atom. The molecule has 0 spiro atoms. The lowest BCUT2D eigenvalue weighted by Crippen LogP contribution is -2.13. The van der Waals surface area contributed by atoms with Crippen LogP contribution in [0.3, 0.4) is 0 Å². The number of amides is 1. The number of carbonyl (C=O) groups excluding carboxylic acids is 1. The molecule has 128 valence electrons. The number of thioether (sulfide) groups is 1. The Morgan fingerprint density at radius 2 is 1.96 bits per heavy atom. The third-order valence-corrected chi connectivity index (χ3v) is 4.46. The van der Waals surface area contributed by atoms with Crippen LogP contribution in [0.2, 0.25) is 5.02 Å². The molecule has 1 amide bonds. The third kappa shape index (κ3) is 4.61. The fourth-order valence-electron chi connectivity index (χ4n) is 2.37. The molecule has 0 atom stereocenters. The molecular weight excluding hydrogens is 346 g/mol. The molecule has 2 rings (SSSR count). The number of carbonyl (C=O) groups is 1. The van der Waals surface area contributed by atoms with E-state index in [1.54, 1.807) is 25.3 Å². The Kier molecular flexibility index (Phi) is 6.45. The predicted molar refractivity (Wildman–Crippen MR) is 98.2 cm³/mol. The summed E-state index contributed by atoms with van der Waals surface area (Å²) in [5, 5.41) is 4.06. The van der Waals surface area contributed by atoms with E-state index in [9.17, 15) is 4.79 Å². The van der Waals surface area contributed by atoms with E-state index in [-0.39, 0.29) is 5.91 Å². The van der Waals surface area contributed by atoms with Gasteiger partial charge in [-0.15, -0.1) is 0 Å². The van der Waals surface area contributed by atoms with Gasteiger partial charge in [-0.2, -0.15) is 0 Å². The highest BCUT2D eigenvalue weighted by molar-refractivity contribution is 7.98. The average molecular weight is 366 g/mol. The first-order valence-corrected chi connectivity index (χ1v) is 9.06. The van der Waals surface area contributed by atoms with Crippen LogP contribution in [-0.4, -0.2) is 29.2 Å². The van der Waals surface area contributed by atoms with Gasteiger partial charge in [-0.1, -0.05) is 23.4 Å². The van der Waals surface area contributed by atoms with Crippen LogP contribution in [0.5, 0.6) is 5.75 Å². The number of ether oxygens (including phenoxy) is 1. The molecule has 1 aromatic heterocycles. The van der Waals surface area contributed by atoms with Crippen LogP contribution >= 0.6 is 23.4 Å². The van der Waals surface area contributed by atoms with Crippen LogP contribution in [0.25, 0.3) is 0 Å². The van der Waals surface area contributed by atoms with Crippen molar-refractivity contribution in [3.8, 4) is 5.75 Å². The zero-order chi connectivity index (χ0) is 17.7. The second-order valence-corrected chi connectivity index (χ2v) is 6.44. The number of nitrogens with zero attached hydrogens (tertiary/aromatic N) is 2. The lowest BCUT2D eigenvalue weighted by Gasteiger charge is -2.11.